The van der Waals surface area contributed by atoms with Crippen LogP contribution in [0, 0.1) is 13.8 Å². The molecule has 6 nitrogen and oxygen atoms in total. The van der Waals surface area contributed by atoms with Crippen molar-refractivity contribution >= 4 is 23.4 Å². The van der Waals surface area contributed by atoms with Crippen LogP contribution in [0.15, 0.2) is 58.1 Å². The number of hydrogen-bond donors (Lipinski definition) is 1. The minimum absolute atomic E-state index is 0.0800. The Morgan fingerprint density at radius 2 is 2.00 bits per heavy atom. The number of benzene rings is 2. The smallest absolute Gasteiger partial charge is 0.298 e. The van der Waals surface area contributed by atoms with E-state index in [0.29, 0.717) is 5.69 Å². The minimum atomic E-state index is -0.562. The van der Waals surface area contributed by atoms with E-state index in [9.17, 15) is 9.90 Å². The van der Waals surface area contributed by atoms with Gasteiger partial charge >= 0.3 is 0 Å². The molecule has 128 valence electrons. The maximum atomic E-state index is 12.2. The average Bonchev–Trinajstić information content (AvgIpc) is 2.98. The molecule has 0 saturated heterocycles. The van der Waals surface area contributed by atoms with Crippen LogP contribution in [0.4, 0.5) is 5.69 Å². The molecule has 0 aliphatic rings. The first kappa shape index (κ1) is 17.0. The van der Waals surface area contributed by atoms with Crippen molar-refractivity contribution in [2.75, 3.05) is 11.1 Å². The molecule has 0 bridgehead atoms. The Morgan fingerprint density at radius 1 is 1.24 bits per heavy atom. The van der Waals surface area contributed by atoms with Crippen LogP contribution >= 0.6 is 11.8 Å². The summed E-state index contributed by atoms with van der Waals surface area (Å²) in [5, 5.41) is 18.8. The summed E-state index contributed by atoms with van der Waals surface area (Å²) < 4.78 is 6.14. The molecule has 2 aromatic carbocycles. The monoisotopic (exact) mass is 355 g/mol. The first-order valence-electron chi connectivity index (χ1n) is 7.69. The molecule has 1 aromatic heterocycles. The molecule has 3 aromatic rings. The van der Waals surface area contributed by atoms with Gasteiger partial charge in [0.1, 0.15) is 0 Å². The van der Waals surface area contributed by atoms with E-state index in [2.05, 4.69) is 10.6 Å². The molecule has 0 spiro atoms. The number of carbonyl (C=O) groups excluding carboxylic acids is 1. The van der Waals surface area contributed by atoms with Gasteiger partial charge in [0.2, 0.25) is 11.6 Å². The number of anilines is 1. The number of rotatable bonds is 5. The third-order valence-corrected chi connectivity index (χ3v) is 4.60. The van der Waals surface area contributed by atoms with Gasteiger partial charge in [-0.05, 0) is 47.5 Å². The molecule has 1 N–H and O–H groups in total. The zero-order valence-corrected chi connectivity index (χ0v) is 14.7. The lowest BCUT2D eigenvalue weighted by Crippen LogP contribution is -2.35. The third-order valence-electron chi connectivity index (χ3n) is 3.58. The molecule has 1 heterocycles. The molecule has 1 amide bonds. The second-order valence-electron chi connectivity index (χ2n) is 5.57. The molecule has 0 radical (unpaired) electrons. The molecule has 7 heteroatoms. The molecular formula is C18H17N3O3S. The van der Waals surface area contributed by atoms with Crippen molar-refractivity contribution in [3.8, 4) is 11.6 Å². The van der Waals surface area contributed by atoms with E-state index in [1.54, 1.807) is 0 Å². The Bertz CT molecular complexity index is 894. The molecule has 0 unspecified atom stereocenters. The van der Waals surface area contributed by atoms with Crippen molar-refractivity contribution in [3.63, 3.8) is 0 Å². The van der Waals surface area contributed by atoms with Gasteiger partial charge in [-0.1, -0.05) is 30.3 Å². The maximum Gasteiger partial charge on any atom is 0.298 e. The van der Waals surface area contributed by atoms with Crippen molar-refractivity contribution in [1.82, 2.24) is 5.27 Å². The van der Waals surface area contributed by atoms with E-state index in [1.165, 1.54) is 4.68 Å². The van der Waals surface area contributed by atoms with Crippen LogP contribution in [-0.2, 0) is 4.79 Å². The minimum Gasteiger partial charge on any atom is -0.538 e. The molecular weight excluding hydrogens is 338 g/mol. The number of nitrogens with one attached hydrogen (secondary N) is 1. The Morgan fingerprint density at radius 3 is 2.76 bits per heavy atom. The van der Waals surface area contributed by atoms with Gasteiger partial charge in [-0.2, -0.15) is 0 Å². The van der Waals surface area contributed by atoms with Crippen molar-refractivity contribution in [2.24, 2.45) is 0 Å². The van der Waals surface area contributed by atoms with Gasteiger partial charge in [0.15, 0.2) is 5.95 Å². The average molecular weight is 355 g/mol. The molecule has 3 rings (SSSR count). The lowest BCUT2D eigenvalue weighted by molar-refractivity contribution is -0.705. The lowest BCUT2D eigenvalue weighted by atomic mass is 10.1. The molecule has 25 heavy (non-hydrogen) atoms. The van der Waals surface area contributed by atoms with E-state index >= 15 is 0 Å². The van der Waals surface area contributed by atoms with Crippen LogP contribution in [-0.4, -0.2) is 16.9 Å². The largest absolute Gasteiger partial charge is 0.538 e. The number of nitrogens with zero attached hydrogens (tertiary/aromatic N) is 2. The van der Waals surface area contributed by atoms with Crippen molar-refractivity contribution < 1.29 is 19.1 Å². The number of hydrogen-bond acceptors (Lipinski definition) is 5. The third kappa shape index (κ3) is 4.00. The highest BCUT2D eigenvalue weighted by atomic mass is 32.2. The zero-order valence-electron chi connectivity index (χ0n) is 13.9. The number of aromatic nitrogens is 2. The topological polar surface area (TPSA) is 82.1 Å². The molecule has 0 atom stereocenters. The molecule has 0 aliphatic heterocycles. The number of para-hydroxylation sites is 1. The van der Waals surface area contributed by atoms with Crippen LogP contribution in [0.3, 0.4) is 0 Å². The summed E-state index contributed by atoms with van der Waals surface area (Å²) in [6.07, 6.45) is 0. The molecule has 0 saturated carbocycles. The fourth-order valence-electron chi connectivity index (χ4n) is 2.28. The van der Waals surface area contributed by atoms with E-state index in [0.717, 1.165) is 28.6 Å². The van der Waals surface area contributed by atoms with Gasteiger partial charge in [-0.15, -0.1) is 0 Å². The van der Waals surface area contributed by atoms with Crippen molar-refractivity contribution in [3.05, 3.63) is 59.7 Å². The molecule has 0 fully saturated rings. The zero-order chi connectivity index (χ0) is 17.8. The standard InChI is InChI=1S/C18H17N3O3S/c1-12-8-9-13(2)15(10-12)19-16(22)11-25-17-18(23)24-20-21(17)14-6-4-3-5-7-14/h3-10H,11H2,1-2H3,(H-,19,20,22,23). The Labute approximate surface area is 149 Å². The predicted molar refractivity (Wildman–Crippen MR) is 92.8 cm³/mol. The first-order valence-corrected chi connectivity index (χ1v) is 8.67. The summed E-state index contributed by atoms with van der Waals surface area (Å²) in [6.45, 7) is 3.90. The highest BCUT2D eigenvalue weighted by Crippen LogP contribution is 2.24. The van der Waals surface area contributed by atoms with Crippen LogP contribution in [0.1, 0.15) is 11.1 Å². The first-order chi connectivity index (χ1) is 12.0. The predicted octanol–water partition coefficient (Wildman–Crippen LogP) is 2.37. The summed E-state index contributed by atoms with van der Waals surface area (Å²) in [5.74, 6) is -0.677. The second kappa shape index (κ2) is 7.40. The normalized spacial score (nSPS) is 10.6. The van der Waals surface area contributed by atoms with Gasteiger partial charge in [-0.3, -0.25) is 4.79 Å². The van der Waals surface area contributed by atoms with Crippen LogP contribution in [0.5, 0.6) is 5.95 Å². The number of amides is 1. The van der Waals surface area contributed by atoms with Gasteiger partial charge in [0.05, 0.1) is 11.0 Å². The van der Waals surface area contributed by atoms with E-state index in [4.69, 9.17) is 4.52 Å². The van der Waals surface area contributed by atoms with E-state index in [-0.39, 0.29) is 16.7 Å². The quantitative estimate of drug-likeness (QED) is 0.561. The maximum absolute atomic E-state index is 12.2. The summed E-state index contributed by atoms with van der Waals surface area (Å²) in [5.41, 5.74) is 3.52. The van der Waals surface area contributed by atoms with Crippen LogP contribution in [0.2, 0.25) is 0 Å². The lowest BCUT2D eigenvalue weighted by Gasteiger charge is -2.08. The Kier molecular flexibility index (Phi) is 5.04. The van der Waals surface area contributed by atoms with Crippen molar-refractivity contribution in [1.29, 1.82) is 0 Å². The van der Waals surface area contributed by atoms with Crippen LogP contribution in [0.25, 0.3) is 5.69 Å². The van der Waals surface area contributed by atoms with E-state index in [1.807, 2.05) is 62.4 Å². The van der Waals surface area contributed by atoms with E-state index < -0.39 is 5.95 Å². The molecule has 0 aliphatic carbocycles. The van der Waals surface area contributed by atoms with Gasteiger partial charge in [0, 0.05) is 17.8 Å². The Hall–Kier alpha value is -2.80. The highest BCUT2D eigenvalue weighted by molar-refractivity contribution is 7.99. The van der Waals surface area contributed by atoms with Crippen molar-refractivity contribution in [2.45, 2.75) is 18.9 Å². The fourth-order valence-corrected chi connectivity index (χ4v) is 3.04. The number of aryl methyl sites for hydroxylation is 2. The van der Waals surface area contributed by atoms with Crippen LogP contribution < -0.4 is 15.1 Å². The summed E-state index contributed by atoms with van der Waals surface area (Å²) in [6, 6.07) is 15.0. The fraction of sp³-hybridized carbons (Fsp3) is 0.167. The summed E-state index contributed by atoms with van der Waals surface area (Å²) >= 11 is 1.09. The number of thioether (sulfide) groups is 1. The summed E-state index contributed by atoms with van der Waals surface area (Å²) in [7, 11) is 0. The number of carbonyl (C=O) groups is 1. The summed E-state index contributed by atoms with van der Waals surface area (Å²) in [4.78, 5) is 12.2. The van der Waals surface area contributed by atoms with Gasteiger partial charge in [0.25, 0.3) is 5.03 Å². The Balaban J connectivity index is 1.71. The van der Waals surface area contributed by atoms with Gasteiger partial charge < -0.3 is 14.9 Å². The van der Waals surface area contributed by atoms with Gasteiger partial charge in [-0.25, -0.2) is 0 Å². The second-order valence-corrected chi connectivity index (χ2v) is 6.53. The highest BCUT2D eigenvalue weighted by Gasteiger charge is 2.22. The SMILES string of the molecule is Cc1ccc(C)c(NC(=O)CSc2c([O-])on[n+]2-c2ccccc2)c1.